The number of rotatable bonds is 7. The van der Waals surface area contributed by atoms with Crippen molar-refractivity contribution < 1.29 is 14.3 Å². The number of carbonyl (C=O) groups excluding carboxylic acids is 1. The maximum Gasteiger partial charge on any atom is 0.226 e. The summed E-state index contributed by atoms with van der Waals surface area (Å²) in [6.07, 6.45) is 0.344. The standard InChI is InChI=1S/C21H26N2O3/c1-25-19-9-5-6-10-20(19)26-12-11-21(24)23-14-17(13-22)18(15-23)16-7-3-2-4-8-16/h2-10,17-18H,11-15,22H2,1H3/t17-,18+/m1/s1. The second-order valence-corrected chi connectivity index (χ2v) is 6.56. The van der Waals surface area contributed by atoms with E-state index < -0.39 is 0 Å². The van der Waals surface area contributed by atoms with Crippen LogP contribution in [0.25, 0.3) is 0 Å². The van der Waals surface area contributed by atoms with Crippen molar-refractivity contribution >= 4 is 5.91 Å². The predicted molar refractivity (Wildman–Crippen MR) is 101 cm³/mol. The van der Waals surface area contributed by atoms with Crippen molar-refractivity contribution in [1.29, 1.82) is 0 Å². The molecule has 0 bridgehead atoms. The molecule has 1 aliphatic rings. The van der Waals surface area contributed by atoms with Gasteiger partial charge in [0.15, 0.2) is 11.5 Å². The number of nitrogens with two attached hydrogens (primary N) is 1. The van der Waals surface area contributed by atoms with Crippen molar-refractivity contribution in [2.45, 2.75) is 12.3 Å². The van der Waals surface area contributed by atoms with Gasteiger partial charge in [0.05, 0.1) is 20.1 Å². The zero-order chi connectivity index (χ0) is 18.4. The Labute approximate surface area is 154 Å². The Bertz CT molecular complexity index is 720. The molecule has 2 aromatic carbocycles. The Kier molecular flexibility index (Phi) is 6.12. The van der Waals surface area contributed by atoms with Crippen molar-refractivity contribution in [2.75, 3.05) is 33.4 Å². The van der Waals surface area contributed by atoms with Crippen LogP contribution in [0.15, 0.2) is 54.6 Å². The summed E-state index contributed by atoms with van der Waals surface area (Å²) in [5.74, 6) is 2.05. The molecule has 26 heavy (non-hydrogen) atoms. The van der Waals surface area contributed by atoms with Gasteiger partial charge in [-0.2, -0.15) is 0 Å². The number of methoxy groups -OCH3 is 1. The summed E-state index contributed by atoms with van der Waals surface area (Å²) in [7, 11) is 1.61. The molecular weight excluding hydrogens is 328 g/mol. The number of amides is 1. The second-order valence-electron chi connectivity index (χ2n) is 6.56. The van der Waals surface area contributed by atoms with E-state index >= 15 is 0 Å². The molecule has 2 aromatic rings. The lowest BCUT2D eigenvalue weighted by Gasteiger charge is -2.17. The number of carbonyl (C=O) groups is 1. The van der Waals surface area contributed by atoms with Crippen molar-refractivity contribution in [1.82, 2.24) is 4.90 Å². The van der Waals surface area contributed by atoms with Crippen LogP contribution in [-0.4, -0.2) is 44.2 Å². The van der Waals surface area contributed by atoms with E-state index in [0.717, 1.165) is 6.54 Å². The number of likely N-dealkylation sites (tertiary alicyclic amines) is 1. The molecule has 1 aliphatic heterocycles. The third kappa shape index (κ3) is 4.17. The van der Waals surface area contributed by atoms with E-state index in [-0.39, 0.29) is 5.91 Å². The fraction of sp³-hybridized carbons (Fsp3) is 0.381. The minimum absolute atomic E-state index is 0.108. The van der Waals surface area contributed by atoms with E-state index in [9.17, 15) is 4.79 Å². The van der Waals surface area contributed by atoms with Gasteiger partial charge in [-0.1, -0.05) is 42.5 Å². The third-order valence-electron chi connectivity index (χ3n) is 4.97. The highest BCUT2D eigenvalue weighted by molar-refractivity contribution is 5.76. The van der Waals surface area contributed by atoms with Gasteiger partial charge in [-0.05, 0) is 30.2 Å². The molecule has 3 rings (SSSR count). The number of hydrogen-bond donors (Lipinski definition) is 1. The van der Waals surface area contributed by atoms with Gasteiger partial charge in [0.1, 0.15) is 0 Å². The first-order chi connectivity index (χ1) is 12.7. The Morgan fingerprint density at radius 1 is 1.08 bits per heavy atom. The van der Waals surface area contributed by atoms with Crippen molar-refractivity contribution in [3.05, 3.63) is 60.2 Å². The Hall–Kier alpha value is -2.53. The van der Waals surface area contributed by atoms with Gasteiger partial charge >= 0.3 is 0 Å². The van der Waals surface area contributed by atoms with Crippen molar-refractivity contribution in [2.24, 2.45) is 11.7 Å². The Balaban J connectivity index is 1.55. The summed E-state index contributed by atoms with van der Waals surface area (Å²) < 4.78 is 11.0. The highest BCUT2D eigenvalue weighted by atomic mass is 16.5. The van der Waals surface area contributed by atoms with Crippen molar-refractivity contribution in [3.63, 3.8) is 0 Å². The van der Waals surface area contributed by atoms with Crippen LogP contribution in [0.4, 0.5) is 0 Å². The minimum atomic E-state index is 0.108. The summed E-state index contributed by atoms with van der Waals surface area (Å²) >= 11 is 0. The summed E-state index contributed by atoms with van der Waals surface area (Å²) in [6, 6.07) is 17.8. The van der Waals surface area contributed by atoms with E-state index in [4.69, 9.17) is 15.2 Å². The van der Waals surface area contributed by atoms with Crippen LogP contribution in [0, 0.1) is 5.92 Å². The molecule has 0 unspecified atom stereocenters. The van der Waals surface area contributed by atoms with Crippen LogP contribution >= 0.6 is 0 Å². The van der Waals surface area contributed by atoms with Crippen LogP contribution < -0.4 is 15.2 Å². The first-order valence-corrected chi connectivity index (χ1v) is 9.01. The number of ether oxygens (including phenoxy) is 2. The molecule has 0 aromatic heterocycles. The number of benzene rings is 2. The normalized spacial score (nSPS) is 19.4. The van der Waals surface area contributed by atoms with Gasteiger partial charge in [-0.25, -0.2) is 0 Å². The highest BCUT2D eigenvalue weighted by Gasteiger charge is 2.34. The van der Waals surface area contributed by atoms with Crippen molar-refractivity contribution in [3.8, 4) is 11.5 Å². The first-order valence-electron chi connectivity index (χ1n) is 9.01. The SMILES string of the molecule is COc1ccccc1OCCC(=O)N1C[C@@H](CN)[C@H](c2ccccc2)C1. The zero-order valence-electron chi connectivity index (χ0n) is 15.1. The van der Waals surface area contributed by atoms with E-state index in [1.807, 2.05) is 47.4 Å². The van der Waals surface area contributed by atoms with Crippen LogP contribution in [-0.2, 0) is 4.79 Å². The fourth-order valence-electron chi connectivity index (χ4n) is 3.54. The molecule has 0 radical (unpaired) electrons. The van der Waals surface area contributed by atoms with Gasteiger partial charge in [0, 0.05) is 19.0 Å². The molecule has 1 fully saturated rings. The topological polar surface area (TPSA) is 64.8 Å². The maximum absolute atomic E-state index is 12.6. The molecule has 1 saturated heterocycles. The molecular formula is C21H26N2O3. The lowest BCUT2D eigenvalue weighted by Crippen LogP contribution is -2.30. The first kappa shape index (κ1) is 18.3. The average Bonchev–Trinajstić information content (AvgIpc) is 3.13. The number of para-hydroxylation sites is 2. The molecule has 0 aliphatic carbocycles. The van der Waals surface area contributed by atoms with Crippen LogP contribution in [0.5, 0.6) is 11.5 Å². The van der Waals surface area contributed by atoms with Crippen LogP contribution in [0.1, 0.15) is 17.9 Å². The second kappa shape index (κ2) is 8.72. The smallest absolute Gasteiger partial charge is 0.226 e. The largest absolute Gasteiger partial charge is 0.493 e. The average molecular weight is 354 g/mol. The number of nitrogens with zero attached hydrogens (tertiary/aromatic N) is 1. The lowest BCUT2D eigenvalue weighted by molar-refractivity contribution is -0.130. The van der Waals surface area contributed by atoms with E-state index in [0.29, 0.717) is 49.5 Å². The van der Waals surface area contributed by atoms with Gasteiger partial charge in [-0.15, -0.1) is 0 Å². The van der Waals surface area contributed by atoms with E-state index in [2.05, 4.69) is 12.1 Å². The van der Waals surface area contributed by atoms with E-state index in [1.54, 1.807) is 7.11 Å². The van der Waals surface area contributed by atoms with Gasteiger partial charge in [0.25, 0.3) is 0 Å². The molecule has 1 amide bonds. The highest BCUT2D eigenvalue weighted by Crippen LogP contribution is 2.32. The van der Waals surface area contributed by atoms with Crippen LogP contribution in [0.3, 0.4) is 0 Å². The molecule has 5 nitrogen and oxygen atoms in total. The van der Waals surface area contributed by atoms with E-state index in [1.165, 1.54) is 5.56 Å². The molecule has 2 N–H and O–H groups in total. The molecule has 5 heteroatoms. The number of hydrogen-bond acceptors (Lipinski definition) is 4. The Morgan fingerprint density at radius 2 is 1.77 bits per heavy atom. The third-order valence-corrected chi connectivity index (χ3v) is 4.97. The quantitative estimate of drug-likeness (QED) is 0.830. The summed E-state index contributed by atoms with van der Waals surface area (Å²) in [5, 5.41) is 0. The monoisotopic (exact) mass is 354 g/mol. The molecule has 1 heterocycles. The molecule has 138 valence electrons. The van der Waals surface area contributed by atoms with Gasteiger partial charge < -0.3 is 20.1 Å². The Morgan fingerprint density at radius 3 is 2.46 bits per heavy atom. The van der Waals surface area contributed by atoms with Gasteiger partial charge in [0.2, 0.25) is 5.91 Å². The molecule has 2 atom stereocenters. The summed E-state index contributed by atoms with van der Waals surface area (Å²) in [5.41, 5.74) is 7.21. The lowest BCUT2D eigenvalue weighted by atomic mass is 9.89. The fourth-order valence-corrected chi connectivity index (χ4v) is 3.54. The van der Waals surface area contributed by atoms with Gasteiger partial charge in [-0.3, -0.25) is 4.79 Å². The summed E-state index contributed by atoms with van der Waals surface area (Å²) in [6.45, 7) is 2.35. The maximum atomic E-state index is 12.6. The predicted octanol–water partition coefficient (Wildman–Crippen LogP) is 2.67. The molecule has 0 spiro atoms. The summed E-state index contributed by atoms with van der Waals surface area (Å²) in [4.78, 5) is 14.5. The molecule has 0 saturated carbocycles. The zero-order valence-corrected chi connectivity index (χ0v) is 15.1. The van der Waals surface area contributed by atoms with Crippen LogP contribution in [0.2, 0.25) is 0 Å². The minimum Gasteiger partial charge on any atom is -0.493 e.